The van der Waals surface area contributed by atoms with E-state index in [0.717, 1.165) is 23.4 Å². The molecule has 0 radical (unpaired) electrons. The Morgan fingerprint density at radius 2 is 1.38 bits per heavy atom. The molecular weight excluding hydrogens is 536 g/mol. The fourth-order valence-electron chi connectivity index (χ4n) is 4.92. The zero-order valence-corrected chi connectivity index (χ0v) is 22.7. The Morgan fingerprint density at radius 1 is 0.833 bits per heavy atom. The number of para-hydroxylation sites is 1. The quantitative estimate of drug-likeness (QED) is 0.159. The van der Waals surface area contributed by atoms with Gasteiger partial charge in [-0.2, -0.15) is 0 Å². The Bertz CT molecular complexity index is 1670. The molecule has 0 bridgehead atoms. The van der Waals surface area contributed by atoms with Crippen LogP contribution in [0.4, 0.5) is 18.9 Å². The van der Waals surface area contributed by atoms with Crippen LogP contribution in [-0.2, 0) is 4.79 Å². The first-order valence-electron chi connectivity index (χ1n) is 13.4. The summed E-state index contributed by atoms with van der Waals surface area (Å²) in [5.41, 5.74) is 4.41. The average molecular weight is 562 g/mol. The number of allylic oxidation sites excluding steroid dienone is 4. The summed E-state index contributed by atoms with van der Waals surface area (Å²) in [6.45, 7) is 2.10. The Morgan fingerprint density at radius 3 is 1.93 bits per heavy atom. The lowest BCUT2D eigenvalue weighted by Gasteiger charge is -2.26. The lowest BCUT2D eigenvalue weighted by Crippen LogP contribution is -2.50. The number of nitrogens with zero attached hydrogens (tertiary/aromatic N) is 2. The first-order valence-corrected chi connectivity index (χ1v) is 13.4. The minimum absolute atomic E-state index is 0.264. The number of hydrogen-bond donors (Lipinski definition) is 1. The van der Waals surface area contributed by atoms with Gasteiger partial charge < -0.3 is 10.0 Å². The van der Waals surface area contributed by atoms with Crippen LogP contribution >= 0.6 is 0 Å². The van der Waals surface area contributed by atoms with Crippen molar-refractivity contribution in [2.24, 2.45) is 4.99 Å². The summed E-state index contributed by atoms with van der Waals surface area (Å²) < 4.78 is 41.7. The smallest absolute Gasteiger partial charge is 0.354 e. The third-order valence-electron chi connectivity index (χ3n) is 7.00. The molecule has 8 heteroatoms. The molecule has 0 saturated heterocycles. The van der Waals surface area contributed by atoms with Gasteiger partial charge in [-0.1, -0.05) is 71.6 Å². The van der Waals surface area contributed by atoms with E-state index >= 15 is 0 Å². The zero-order valence-electron chi connectivity index (χ0n) is 22.7. The molecule has 4 aromatic rings. The summed E-state index contributed by atoms with van der Waals surface area (Å²) in [5, 5.41) is 10.2. The Labute approximate surface area is 242 Å². The van der Waals surface area contributed by atoms with E-state index in [1.165, 1.54) is 54.6 Å². The van der Waals surface area contributed by atoms with Gasteiger partial charge in [0.05, 0.1) is 0 Å². The Kier molecular flexibility index (Phi) is 8.53. The maximum absolute atomic E-state index is 13.9. The fraction of sp³-hybridized carbons (Fsp3) is 0.0588. The van der Waals surface area contributed by atoms with Crippen molar-refractivity contribution >= 4 is 40.5 Å². The van der Waals surface area contributed by atoms with Gasteiger partial charge in [0.15, 0.2) is 0 Å². The standard InChI is InChI=1S/C34H26BF3N2O2/c1-2-40-22-21-23(30-5-3-4-6-32(30)40)9-20-31(34(41)42)39-33(24-7-14-27(36)15-8-24)35(25-10-16-28(37)17-11-25)26-12-18-29(38)19-13-26/h3-22H,2H2,1H3,(H,41,42). The van der Waals surface area contributed by atoms with Gasteiger partial charge in [-0.05, 0) is 72.7 Å². The van der Waals surface area contributed by atoms with E-state index in [-0.39, 0.29) is 11.3 Å². The van der Waals surface area contributed by atoms with Crippen molar-refractivity contribution in [2.45, 2.75) is 6.92 Å². The second-order valence-electron chi connectivity index (χ2n) is 9.64. The van der Waals surface area contributed by atoms with Gasteiger partial charge in [0.25, 0.3) is 6.71 Å². The van der Waals surface area contributed by atoms with Crippen molar-refractivity contribution in [2.75, 3.05) is 11.4 Å². The van der Waals surface area contributed by atoms with Crippen molar-refractivity contribution in [3.05, 3.63) is 156 Å². The lowest BCUT2D eigenvalue weighted by molar-refractivity contribution is -0.132. The molecule has 4 nitrogen and oxygen atoms in total. The van der Waals surface area contributed by atoms with E-state index in [9.17, 15) is 23.1 Å². The number of fused-ring (bicyclic) bond motifs is 1. The molecule has 42 heavy (non-hydrogen) atoms. The zero-order chi connectivity index (χ0) is 29.6. The van der Waals surface area contributed by atoms with Crippen molar-refractivity contribution < 1.29 is 23.1 Å². The number of benzene rings is 4. The van der Waals surface area contributed by atoms with Crippen LogP contribution in [0.2, 0.25) is 0 Å². The van der Waals surface area contributed by atoms with E-state index in [1.54, 1.807) is 30.3 Å². The molecule has 0 spiro atoms. The SMILES string of the molecule is CCN1C=CC(=CC=C(N=C(B(c2ccc(F)cc2)c2ccc(F)cc2)c2ccc(F)cc2)C(=O)O)c2ccccc21. The molecule has 0 aromatic heterocycles. The molecule has 0 saturated carbocycles. The third-order valence-corrected chi connectivity index (χ3v) is 7.00. The molecule has 1 N–H and O–H groups in total. The van der Waals surface area contributed by atoms with Crippen molar-refractivity contribution in [1.82, 2.24) is 0 Å². The second kappa shape index (κ2) is 12.6. The van der Waals surface area contributed by atoms with Crippen molar-refractivity contribution in [1.29, 1.82) is 0 Å². The molecule has 0 unspecified atom stereocenters. The second-order valence-corrected chi connectivity index (χ2v) is 9.64. The molecule has 208 valence electrons. The summed E-state index contributed by atoms with van der Waals surface area (Å²) >= 11 is 0. The van der Waals surface area contributed by atoms with Crippen LogP contribution in [0.3, 0.4) is 0 Å². The first-order chi connectivity index (χ1) is 20.3. The lowest BCUT2D eigenvalue weighted by atomic mass is 9.36. The Hall–Kier alpha value is -5.11. The molecular formula is C34H26BF3N2O2. The predicted octanol–water partition coefficient (Wildman–Crippen LogP) is 6.15. The molecule has 0 atom stereocenters. The molecule has 1 aliphatic heterocycles. The minimum Gasteiger partial charge on any atom is -0.477 e. The number of aliphatic imine (C=N–C) groups is 1. The number of carboxylic acids is 1. The van der Waals surface area contributed by atoms with Crippen LogP contribution < -0.4 is 15.8 Å². The number of hydrogen-bond acceptors (Lipinski definition) is 3. The van der Waals surface area contributed by atoms with E-state index in [2.05, 4.69) is 9.89 Å². The van der Waals surface area contributed by atoms with Crippen LogP contribution in [0, 0.1) is 17.5 Å². The summed E-state index contributed by atoms with van der Waals surface area (Å²) in [4.78, 5) is 19.3. The average Bonchev–Trinajstić information content (AvgIpc) is 3.00. The van der Waals surface area contributed by atoms with Gasteiger partial charge in [-0.3, -0.25) is 4.99 Å². The number of aliphatic carboxylic acids is 1. The van der Waals surface area contributed by atoms with Gasteiger partial charge in [0, 0.05) is 29.6 Å². The van der Waals surface area contributed by atoms with Gasteiger partial charge in [0.1, 0.15) is 23.1 Å². The molecule has 5 rings (SSSR count). The first kappa shape index (κ1) is 28.4. The van der Waals surface area contributed by atoms with Crippen LogP contribution in [0.25, 0.3) is 5.57 Å². The molecule has 0 fully saturated rings. The minimum atomic E-state index is -1.27. The van der Waals surface area contributed by atoms with Gasteiger partial charge in [0.2, 0.25) is 0 Å². The maximum atomic E-state index is 13.9. The topological polar surface area (TPSA) is 52.9 Å². The highest BCUT2D eigenvalue weighted by Crippen LogP contribution is 2.32. The van der Waals surface area contributed by atoms with Gasteiger partial charge >= 0.3 is 5.97 Å². The molecule has 0 amide bonds. The highest BCUT2D eigenvalue weighted by atomic mass is 19.1. The molecule has 0 aliphatic carbocycles. The van der Waals surface area contributed by atoms with E-state index in [0.29, 0.717) is 16.5 Å². The van der Waals surface area contributed by atoms with Crippen molar-refractivity contribution in [3.8, 4) is 0 Å². The van der Waals surface area contributed by atoms with Gasteiger partial charge in [-0.25, -0.2) is 18.0 Å². The summed E-state index contributed by atoms with van der Waals surface area (Å²) in [7, 11) is 0. The largest absolute Gasteiger partial charge is 0.477 e. The number of carbonyl (C=O) groups is 1. The fourth-order valence-corrected chi connectivity index (χ4v) is 4.92. The van der Waals surface area contributed by atoms with E-state index in [1.807, 2.05) is 43.5 Å². The molecule has 4 aromatic carbocycles. The highest BCUT2D eigenvalue weighted by molar-refractivity contribution is 7.10. The number of rotatable bonds is 8. The van der Waals surface area contributed by atoms with E-state index in [4.69, 9.17) is 0 Å². The predicted molar refractivity (Wildman–Crippen MR) is 163 cm³/mol. The number of carboxylic acid groups (broad SMARTS) is 1. The molecule has 1 heterocycles. The van der Waals surface area contributed by atoms with Crippen molar-refractivity contribution in [3.63, 3.8) is 0 Å². The van der Waals surface area contributed by atoms with Crippen LogP contribution in [0.1, 0.15) is 18.1 Å². The monoisotopic (exact) mass is 562 g/mol. The highest BCUT2D eigenvalue weighted by Gasteiger charge is 2.28. The summed E-state index contributed by atoms with van der Waals surface area (Å²) in [6.07, 6.45) is 6.97. The number of anilines is 1. The number of halogens is 3. The normalized spacial score (nSPS) is 14.2. The van der Waals surface area contributed by atoms with Crippen LogP contribution in [0.15, 0.2) is 132 Å². The van der Waals surface area contributed by atoms with Gasteiger partial charge in [-0.15, -0.1) is 0 Å². The Balaban J connectivity index is 1.69. The third kappa shape index (κ3) is 6.28. The van der Waals surface area contributed by atoms with E-state index < -0.39 is 30.1 Å². The molecule has 1 aliphatic rings. The summed E-state index contributed by atoms with van der Waals surface area (Å²) in [5.74, 6) is -2.64. The maximum Gasteiger partial charge on any atom is 0.354 e. The summed E-state index contributed by atoms with van der Waals surface area (Å²) in [6, 6.07) is 24.8. The van der Waals surface area contributed by atoms with Crippen LogP contribution in [-0.4, -0.2) is 29.9 Å². The van der Waals surface area contributed by atoms with Crippen LogP contribution in [0.5, 0.6) is 0 Å².